The van der Waals surface area contributed by atoms with E-state index in [4.69, 9.17) is 9.84 Å². The topological polar surface area (TPSA) is 95.9 Å². The first-order valence-corrected chi connectivity index (χ1v) is 7.11. The summed E-state index contributed by atoms with van der Waals surface area (Å²) < 4.78 is 37.3. The van der Waals surface area contributed by atoms with Gasteiger partial charge in [-0.3, -0.25) is 4.18 Å². The Bertz CT molecular complexity index is 276. The fourth-order valence-corrected chi connectivity index (χ4v) is 0.991. The van der Waals surface area contributed by atoms with Crippen molar-refractivity contribution >= 4 is 10.4 Å². The van der Waals surface area contributed by atoms with E-state index in [0.29, 0.717) is 6.61 Å². The van der Waals surface area contributed by atoms with E-state index in [1.54, 1.807) is 0 Å². The highest BCUT2D eigenvalue weighted by molar-refractivity contribution is 7.80. The van der Waals surface area contributed by atoms with Crippen LogP contribution in [0.2, 0.25) is 0 Å². The number of likely N-dealkylation sites (N-methyl/N-ethyl adjacent to an activating group) is 1. The Morgan fingerprint density at radius 2 is 1.67 bits per heavy atom. The van der Waals surface area contributed by atoms with Gasteiger partial charge in [0.25, 0.3) is 0 Å². The number of aliphatic hydroxyl groups excluding tert-OH is 1. The summed E-state index contributed by atoms with van der Waals surface area (Å²) in [6.07, 6.45) is 0. The van der Waals surface area contributed by atoms with Crippen molar-refractivity contribution in [2.45, 2.75) is 13.8 Å². The summed E-state index contributed by atoms with van der Waals surface area (Å²) in [5.41, 5.74) is 0. The van der Waals surface area contributed by atoms with Crippen LogP contribution in [-0.4, -0.2) is 76.2 Å². The Balaban J connectivity index is 0. The summed E-state index contributed by atoms with van der Waals surface area (Å²) >= 11 is 0. The summed E-state index contributed by atoms with van der Waals surface area (Å²) in [6.45, 7) is 9.03. The van der Waals surface area contributed by atoms with E-state index in [1.807, 2.05) is 0 Å². The molecule has 0 saturated heterocycles. The average molecular weight is 287 g/mol. The van der Waals surface area contributed by atoms with Gasteiger partial charge in [-0.1, -0.05) is 0 Å². The summed E-state index contributed by atoms with van der Waals surface area (Å²) in [5, 5.41) is 8.48. The monoisotopic (exact) mass is 287 g/mol. The second-order valence-corrected chi connectivity index (χ2v) is 5.04. The van der Waals surface area contributed by atoms with Gasteiger partial charge in [-0.2, -0.15) is 0 Å². The summed E-state index contributed by atoms with van der Waals surface area (Å²) in [7, 11) is -1.38. The molecule has 0 unspecified atom stereocenters. The fraction of sp³-hybridized carbons (Fsp3) is 1.00. The Labute approximate surface area is 110 Å². The van der Waals surface area contributed by atoms with Crippen molar-refractivity contribution in [3.05, 3.63) is 0 Å². The molecule has 7 nitrogen and oxygen atoms in total. The van der Waals surface area contributed by atoms with Gasteiger partial charge in [-0.15, -0.1) is 0 Å². The van der Waals surface area contributed by atoms with Crippen molar-refractivity contribution in [1.29, 1.82) is 0 Å². The summed E-state index contributed by atoms with van der Waals surface area (Å²) in [6, 6.07) is 0. The predicted molar refractivity (Wildman–Crippen MR) is 66.7 cm³/mol. The van der Waals surface area contributed by atoms with Crippen LogP contribution in [0.25, 0.3) is 0 Å². The van der Waals surface area contributed by atoms with Gasteiger partial charge in [0.15, 0.2) is 0 Å². The zero-order valence-electron chi connectivity index (χ0n) is 11.6. The molecular formula is C10H25NO6S. The molecule has 112 valence electrons. The number of nitrogens with zero attached hydrogens (tertiary/aromatic N) is 1. The van der Waals surface area contributed by atoms with Crippen LogP contribution in [0.4, 0.5) is 0 Å². The third-order valence-electron chi connectivity index (χ3n) is 2.74. The molecule has 0 heterocycles. The normalized spacial score (nSPS) is 11.9. The number of aliphatic hydroxyl groups is 1. The van der Waals surface area contributed by atoms with Crippen LogP contribution in [-0.2, 0) is 19.3 Å². The number of hydrogen-bond acceptors (Lipinski definition) is 6. The van der Waals surface area contributed by atoms with Gasteiger partial charge < -0.3 is 18.9 Å². The van der Waals surface area contributed by atoms with E-state index in [1.165, 1.54) is 0 Å². The van der Waals surface area contributed by atoms with Gasteiger partial charge in [0.2, 0.25) is 10.4 Å². The lowest BCUT2D eigenvalue weighted by Gasteiger charge is -2.31. The highest BCUT2D eigenvalue weighted by Crippen LogP contribution is 1.99. The first-order chi connectivity index (χ1) is 8.24. The maximum absolute atomic E-state index is 9.22. The molecule has 0 spiro atoms. The highest BCUT2D eigenvalue weighted by atomic mass is 32.3. The standard InChI is InChI=1S/C9H22NO2.CH4O4S/c1-4-10(3,5-2)6-8-12-9-7-11;1-5-6(2,3)4/h11H,4-9H2,1-3H3;1H3,(H,2,3,4)/q+1;/p-1. The molecule has 0 aliphatic rings. The lowest BCUT2D eigenvalue weighted by atomic mass is 10.4. The van der Waals surface area contributed by atoms with Crippen molar-refractivity contribution in [2.24, 2.45) is 0 Å². The van der Waals surface area contributed by atoms with Gasteiger partial charge in [-0.25, -0.2) is 8.42 Å². The van der Waals surface area contributed by atoms with Gasteiger partial charge in [-0.05, 0) is 13.8 Å². The van der Waals surface area contributed by atoms with Gasteiger partial charge in [0, 0.05) is 0 Å². The van der Waals surface area contributed by atoms with Gasteiger partial charge >= 0.3 is 0 Å². The number of ether oxygens (including phenoxy) is 1. The second kappa shape index (κ2) is 10.7. The van der Waals surface area contributed by atoms with Crippen LogP contribution >= 0.6 is 0 Å². The van der Waals surface area contributed by atoms with Gasteiger partial charge in [0.1, 0.15) is 6.54 Å². The van der Waals surface area contributed by atoms with E-state index < -0.39 is 10.4 Å². The average Bonchev–Trinajstić information content (AvgIpc) is 2.34. The van der Waals surface area contributed by atoms with Crippen LogP contribution in [0.15, 0.2) is 0 Å². The van der Waals surface area contributed by atoms with E-state index in [-0.39, 0.29) is 6.61 Å². The Morgan fingerprint density at radius 1 is 1.22 bits per heavy atom. The molecular weight excluding hydrogens is 262 g/mol. The zero-order chi connectivity index (χ0) is 14.7. The highest BCUT2D eigenvalue weighted by Gasteiger charge is 2.14. The van der Waals surface area contributed by atoms with Crippen LogP contribution < -0.4 is 0 Å². The van der Waals surface area contributed by atoms with Crippen LogP contribution in [0.5, 0.6) is 0 Å². The molecule has 0 aromatic carbocycles. The van der Waals surface area contributed by atoms with Crippen LogP contribution in [0.3, 0.4) is 0 Å². The molecule has 18 heavy (non-hydrogen) atoms. The quantitative estimate of drug-likeness (QED) is 0.282. The minimum atomic E-state index is -4.41. The van der Waals surface area contributed by atoms with E-state index in [2.05, 4.69) is 25.1 Å². The molecule has 0 atom stereocenters. The van der Waals surface area contributed by atoms with E-state index in [0.717, 1.165) is 37.8 Å². The fourth-order valence-electron chi connectivity index (χ4n) is 0.991. The Hall–Kier alpha value is -0.250. The molecule has 0 bridgehead atoms. The smallest absolute Gasteiger partial charge is 0.217 e. The minimum Gasteiger partial charge on any atom is -0.726 e. The van der Waals surface area contributed by atoms with Crippen molar-refractivity contribution in [3.8, 4) is 0 Å². The first-order valence-electron chi connectivity index (χ1n) is 5.78. The number of quaternary nitrogens is 1. The Kier molecular flexibility index (Phi) is 11.9. The molecule has 0 aromatic heterocycles. The molecule has 0 fully saturated rings. The van der Waals surface area contributed by atoms with E-state index >= 15 is 0 Å². The molecule has 0 amide bonds. The van der Waals surface area contributed by atoms with E-state index in [9.17, 15) is 13.0 Å². The molecule has 0 aliphatic carbocycles. The van der Waals surface area contributed by atoms with Gasteiger partial charge in [0.05, 0.1) is 47.1 Å². The summed E-state index contributed by atoms with van der Waals surface area (Å²) in [5.74, 6) is 0. The van der Waals surface area contributed by atoms with Crippen molar-refractivity contribution in [1.82, 2.24) is 0 Å². The SMILES string of the molecule is CC[N+](C)(CC)CCOCCO.COS(=O)(=O)[O-]. The molecule has 1 N–H and O–H groups in total. The van der Waals surface area contributed by atoms with Crippen molar-refractivity contribution in [3.63, 3.8) is 0 Å². The maximum Gasteiger partial charge on any atom is 0.217 e. The van der Waals surface area contributed by atoms with Crippen molar-refractivity contribution < 1.29 is 31.5 Å². The molecule has 0 rings (SSSR count). The van der Waals surface area contributed by atoms with Crippen LogP contribution in [0.1, 0.15) is 13.8 Å². The summed E-state index contributed by atoms with van der Waals surface area (Å²) in [4.78, 5) is 0. The molecule has 0 saturated carbocycles. The molecule has 8 heteroatoms. The largest absolute Gasteiger partial charge is 0.726 e. The molecule has 0 aliphatic heterocycles. The molecule has 0 aromatic rings. The van der Waals surface area contributed by atoms with Crippen LogP contribution in [0, 0.1) is 0 Å². The third-order valence-corrected chi connectivity index (χ3v) is 3.15. The minimum absolute atomic E-state index is 0.127. The van der Waals surface area contributed by atoms with Crippen molar-refractivity contribution in [2.75, 3.05) is 53.6 Å². The zero-order valence-corrected chi connectivity index (χ0v) is 12.4. The maximum atomic E-state index is 9.22. The predicted octanol–water partition coefficient (Wildman–Crippen LogP) is -0.425. The first kappa shape index (κ1) is 20.1. The number of rotatable bonds is 8. The Morgan fingerprint density at radius 3 is 1.94 bits per heavy atom. The lowest BCUT2D eigenvalue weighted by Crippen LogP contribution is -2.45. The third kappa shape index (κ3) is 13.8. The number of hydrogen-bond donors (Lipinski definition) is 1. The lowest BCUT2D eigenvalue weighted by molar-refractivity contribution is -0.906. The molecule has 0 radical (unpaired) electrons. The second-order valence-electron chi connectivity index (χ2n) is 3.89.